The molecule has 1 unspecified atom stereocenters. The highest BCUT2D eigenvalue weighted by molar-refractivity contribution is 7.80. The lowest BCUT2D eigenvalue weighted by Gasteiger charge is -2.38. The summed E-state index contributed by atoms with van der Waals surface area (Å²) in [5, 5.41) is 0. The number of piperazine rings is 1. The molecule has 2 heterocycles. The number of nitrogens with zero attached hydrogens (tertiary/aromatic N) is 3. The van der Waals surface area contributed by atoms with Gasteiger partial charge in [0.05, 0.1) is 11.0 Å². The van der Waals surface area contributed by atoms with Gasteiger partial charge in [-0.25, -0.2) is 0 Å². The average molecular weight is 278 g/mol. The fourth-order valence-corrected chi connectivity index (χ4v) is 2.93. The molecule has 0 saturated carbocycles. The van der Waals surface area contributed by atoms with E-state index in [9.17, 15) is 0 Å². The predicted molar refractivity (Wildman–Crippen MR) is 82.0 cm³/mol. The van der Waals surface area contributed by atoms with E-state index in [0.29, 0.717) is 4.99 Å². The summed E-state index contributed by atoms with van der Waals surface area (Å²) < 4.78 is 0. The number of nitrogens with two attached hydrogens (primary N) is 1. The highest BCUT2D eigenvalue weighted by Crippen LogP contribution is 2.12. The molecular weight excluding hydrogens is 256 g/mol. The van der Waals surface area contributed by atoms with Crippen molar-refractivity contribution in [3.8, 4) is 0 Å². The van der Waals surface area contributed by atoms with Gasteiger partial charge < -0.3 is 5.73 Å². The Morgan fingerprint density at radius 2 is 1.95 bits per heavy atom. The normalized spacial score (nSPS) is 19.2. The third kappa shape index (κ3) is 3.96. The van der Waals surface area contributed by atoms with Gasteiger partial charge in [0, 0.05) is 45.1 Å². The van der Waals surface area contributed by atoms with Gasteiger partial charge >= 0.3 is 0 Å². The van der Waals surface area contributed by atoms with Crippen molar-refractivity contribution in [3.63, 3.8) is 0 Å². The summed E-state index contributed by atoms with van der Waals surface area (Å²) in [5.41, 5.74) is 7.13. The Balaban J connectivity index is 1.84. The van der Waals surface area contributed by atoms with Crippen molar-refractivity contribution in [2.24, 2.45) is 5.73 Å². The Morgan fingerprint density at radius 1 is 1.32 bits per heavy atom. The highest BCUT2D eigenvalue weighted by atomic mass is 32.1. The van der Waals surface area contributed by atoms with E-state index in [1.165, 1.54) is 5.56 Å². The first kappa shape index (κ1) is 14.4. The Labute approximate surface area is 120 Å². The molecule has 1 aromatic heterocycles. The van der Waals surface area contributed by atoms with Crippen molar-refractivity contribution in [3.05, 3.63) is 30.1 Å². The minimum atomic E-state index is 0.262. The fraction of sp³-hybridized carbons (Fsp3) is 0.571. The Hall–Kier alpha value is -1.04. The summed E-state index contributed by atoms with van der Waals surface area (Å²) in [4.78, 5) is 9.56. The molecule has 19 heavy (non-hydrogen) atoms. The van der Waals surface area contributed by atoms with Gasteiger partial charge in [0.1, 0.15) is 0 Å². The van der Waals surface area contributed by atoms with E-state index in [1.807, 2.05) is 12.4 Å². The first-order valence-electron chi connectivity index (χ1n) is 6.85. The lowest BCUT2D eigenvalue weighted by molar-refractivity contribution is 0.112. The van der Waals surface area contributed by atoms with E-state index >= 15 is 0 Å². The second-order valence-corrected chi connectivity index (χ2v) is 5.47. The molecule has 0 bridgehead atoms. The number of pyridine rings is 1. The molecule has 0 aliphatic carbocycles. The molecule has 104 valence electrons. The van der Waals surface area contributed by atoms with Gasteiger partial charge in [-0.15, -0.1) is 0 Å². The fourth-order valence-electron chi connectivity index (χ4n) is 2.62. The summed E-state index contributed by atoms with van der Waals surface area (Å²) in [6.07, 6.45) is 4.71. The Bertz CT molecular complexity index is 401. The zero-order valence-electron chi connectivity index (χ0n) is 11.5. The van der Waals surface area contributed by atoms with Crippen molar-refractivity contribution in [1.82, 2.24) is 14.8 Å². The van der Waals surface area contributed by atoms with Crippen LogP contribution < -0.4 is 5.73 Å². The number of aromatic nitrogens is 1. The molecule has 1 aromatic rings. The minimum Gasteiger partial charge on any atom is -0.392 e. The van der Waals surface area contributed by atoms with Crippen LogP contribution in [0, 0.1) is 0 Å². The van der Waals surface area contributed by atoms with Crippen LogP contribution in [-0.4, -0.2) is 52.0 Å². The predicted octanol–water partition coefficient (Wildman–Crippen LogP) is 1.26. The van der Waals surface area contributed by atoms with Gasteiger partial charge in [-0.1, -0.05) is 19.1 Å². The summed E-state index contributed by atoms with van der Waals surface area (Å²) >= 11 is 5.15. The zero-order valence-corrected chi connectivity index (χ0v) is 12.3. The second kappa shape index (κ2) is 6.93. The molecule has 1 fully saturated rings. The van der Waals surface area contributed by atoms with E-state index in [0.717, 1.165) is 39.1 Å². The van der Waals surface area contributed by atoms with Gasteiger partial charge in [0.25, 0.3) is 0 Å². The number of thiocarbonyl (C=S) groups is 1. The van der Waals surface area contributed by atoms with Crippen LogP contribution in [0.15, 0.2) is 24.5 Å². The van der Waals surface area contributed by atoms with E-state index in [2.05, 4.69) is 33.8 Å². The minimum absolute atomic E-state index is 0.262. The van der Waals surface area contributed by atoms with Crippen LogP contribution in [0.5, 0.6) is 0 Å². The van der Waals surface area contributed by atoms with Gasteiger partial charge in [-0.05, 0) is 24.1 Å². The van der Waals surface area contributed by atoms with E-state index in [4.69, 9.17) is 18.0 Å². The van der Waals surface area contributed by atoms with Crippen molar-refractivity contribution in [1.29, 1.82) is 0 Å². The average Bonchev–Trinajstić information content (AvgIpc) is 2.42. The molecule has 2 N–H and O–H groups in total. The molecule has 1 saturated heterocycles. The van der Waals surface area contributed by atoms with Crippen LogP contribution in [-0.2, 0) is 6.54 Å². The van der Waals surface area contributed by atoms with Crippen LogP contribution >= 0.6 is 12.2 Å². The van der Waals surface area contributed by atoms with Crippen molar-refractivity contribution in [2.45, 2.75) is 25.9 Å². The summed E-state index contributed by atoms with van der Waals surface area (Å²) in [7, 11) is 0. The SMILES string of the molecule is CCC(C(N)=S)N1CCN(Cc2ccncc2)CC1. The molecule has 2 rings (SSSR count). The first-order valence-corrected chi connectivity index (χ1v) is 7.26. The molecule has 0 aromatic carbocycles. The van der Waals surface area contributed by atoms with E-state index in [1.54, 1.807) is 0 Å². The van der Waals surface area contributed by atoms with Crippen LogP contribution in [0.2, 0.25) is 0 Å². The van der Waals surface area contributed by atoms with Crippen LogP contribution in [0.4, 0.5) is 0 Å². The quantitative estimate of drug-likeness (QED) is 0.822. The smallest absolute Gasteiger partial charge is 0.0901 e. The zero-order chi connectivity index (χ0) is 13.7. The van der Waals surface area contributed by atoms with Crippen LogP contribution in [0.3, 0.4) is 0 Å². The number of hydrogen-bond acceptors (Lipinski definition) is 4. The highest BCUT2D eigenvalue weighted by Gasteiger charge is 2.24. The van der Waals surface area contributed by atoms with Crippen molar-refractivity contribution < 1.29 is 0 Å². The maximum absolute atomic E-state index is 5.81. The standard InChI is InChI=1S/C14H22N4S/c1-2-13(14(15)19)18-9-7-17(8-10-18)11-12-3-5-16-6-4-12/h3-6,13H,2,7-11H2,1H3,(H2,15,19). The topological polar surface area (TPSA) is 45.4 Å². The maximum atomic E-state index is 5.81. The molecule has 0 spiro atoms. The molecule has 0 amide bonds. The summed E-state index contributed by atoms with van der Waals surface area (Å²) in [6.45, 7) is 7.37. The third-order valence-corrected chi connectivity index (χ3v) is 3.99. The Morgan fingerprint density at radius 3 is 2.47 bits per heavy atom. The molecule has 1 atom stereocenters. The van der Waals surface area contributed by atoms with Gasteiger partial charge in [0.15, 0.2) is 0 Å². The van der Waals surface area contributed by atoms with Gasteiger partial charge in [-0.2, -0.15) is 0 Å². The van der Waals surface area contributed by atoms with Crippen molar-refractivity contribution in [2.75, 3.05) is 26.2 Å². The lowest BCUT2D eigenvalue weighted by Crippen LogP contribution is -2.53. The summed E-state index contributed by atoms with van der Waals surface area (Å²) in [6, 6.07) is 4.42. The monoisotopic (exact) mass is 278 g/mol. The molecular formula is C14H22N4S. The van der Waals surface area contributed by atoms with Gasteiger partial charge in [-0.3, -0.25) is 14.8 Å². The third-order valence-electron chi connectivity index (χ3n) is 3.72. The van der Waals surface area contributed by atoms with Crippen molar-refractivity contribution >= 4 is 17.2 Å². The number of rotatable bonds is 5. The lowest BCUT2D eigenvalue weighted by atomic mass is 10.1. The maximum Gasteiger partial charge on any atom is 0.0901 e. The van der Waals surface area contributed by atoms with Crippen LogP contribution in [0.1, 0.15) is 18.9 Å². The van der Waals surface area contributed by atoms with E-state index in [-0.39, 0.29) is 6.04 Å². The Kier molecular flexibility index (Phi) is 5.24. The first-order chi connectivity index (χ1) is 9.20. The molecule has 1 aliphatic heterocycles. The second-order valence-electron chi connectivity index (χ2n) is 4.99. The number of hydrogen-bond donors (Lipinski definition) is 1. The summed E-state index contributed by atoms with van der Waals surface area (Å²) in [5.74, 6) is 0. The largest absolute Gasteiger partial charge is 0.392 e. The van der Waals surface area contributed by atoms with E-state index < -0.39 is 0 Å². The van der Waals surface area contributed by atoms with Crippen LogP contribution in [0.25, 0.3) is 0 Å². The molecule has 0 radical (unpaired) electrons. The molecule has 1 aliphatic rings. The molecule has 4 nitrogen and oxygen atoms in total. The van der Waals surface area contributed by atoms with Gasteiger partial charge in [0.2, 0.25) is 0 Å². The molecule has 5 heteroatoms.